The van der Waals surface area contributed by atoms with Crippen molar-refractivity contribution in [3.8, 4) is 0 Å². The number of carboxylic acids is 1. The maximum atomic E-state index is 12.3. The van der Waals surface area contributed by atoms with Gasteiger partial charge in [0, 0.05) is 5.56 Å². The Kier molecular flexibility index (Phi) is 4.68. The molecule has 1 amide bonds. The van der Waals surface area contributed by atoms with Gasteiger partial charge in [0.15, 0.2) is 0 Å². The Labute approximate surface area is 138 Å². The highest BCUT2D eigenvalue weighted by molar-refractivity contribution is 8.16. The maximum absolute atomic E-state index is 12.3. The number of nitrogens with one attached hydrogen (secondary N) is 1. The number of benzene rings is 1. The third kappa shape index (κ3) is 3.13. The van der Waals surface area contributed by atoms with E-state index in [9.17, 15) is 14.7 Å². The van der Waals surface area contributed by atoms with E-state index in [0.717, 1.165) is 6.42 Å². The third-order valence-electron chi connectivity index (χ3n) is 4.24. The lowest BCUT2D eigenvalue weighted by molar-refractivity contribution is -0.148. The fraction of sp³-hybridized carbons (Fsp3) is 0.500. The molecule has 1 aliphatic carbocycles. The number of amides is 1. The van der Waals surface area contributed by atoms with Crippen LogP contribution in [0.1, 0.15) is 46.2 Å². The molecule has 1 heterocycles. The van der Waals surface area contributed by atoms with Gasteiger partial charge in [0.25, 0.3) is 5.91 Å². The molecule has 2 fully saturated rings. The average molecular weight is 337 g/mol. The van der Waals surface area contributed by atoms with Gasteiger partial charge in [0.1, 0.15) is 5.54 Å². The smallest absolute Gasteiger partial charge is 0.329 e. The van der Waals surface area contributed by atoms with Gasteiger partial charge in [-0.3, -0.25) is 4.79 Å². The monoisotopic (exact) mass is 337 g/mol. The van der Waals surface area contributed by atoms with Crippen LogP contribution in [0.4, 0.5) is 0 Å². The Morgan fingerprint density at radius 2 is 1.73 bits per heavy atom. The molecule has 0 spiro atoms. The molecule has 1 saturated heterocycles. The van der Waals surface area contributed by atoms with Gasteiger partial charge >= 0.3 is 5.97 Å². The molecule has 2 aliphatic rings. The Morgan fingerprint density at radius 3 is 2.23 bits per heavy atom. The lowest BCUT2D eigenvalue weighted by atomic mass is 9.76. The minimum Gasteiger partial charge on any atom is -0.480 e. The van der Waals surface area contributed by atoms with Crippen LogP contribution in [-0.4, -0.2) is 34.0 Å². The molecule has 1 aromatic carbocycles. The van der Waals surface area contributed by atoms with Crippen LogP contribution in [0.2, 0.25) is 0 Å². The number of aliphatic carboxylic acids is 1. The van der Waals surface area contributed by atoms with Gasteiger partial charge in [-0.2, -0.15) is 0 Å². The van der Waals surface area contributed by atoms with Crippen LogP contribution in [0.5, 0.6) is 0 Å². The van der Waals surface area contributed by atoms with Crippen molar-refractivity contribution in [2.75, 3.05) is 11.5 Å². The number of carboxylic acid groups (broad SMARTS) is 1. The van der Waals surface area contributed by atoms with E-state index >= 15 is 0 Å². The highest BCUT2D eigenvalue weighted by atomic mass is 32.2. The van der Waals surface area contributed by atoms with E-state index in [-0.39, 0.29) is 5.91 Å². The number of thioether (sulfide) groups is 2. The van der Waals surface area contributed by atoms with E-state index in [0.29, 0.717) is 23.0 Å². The summed E-state index contributed by atoms with van der Waals surface area (Å²) in [6.07, 6.45) is 3.13. The molecule has 1 aromatic rings. The first kappa shape index (κ1) is 15.7. The van der Waals surface area contributed by atoms with Gasteiger partial charge in [-0.05, 0) is 54.9 Å². The number of hydrogen-bond donors (Lipinski definition) is 2. The van der Waals surface area contributed by atoms with Crippen LogP contribution >= 0.6 is 23.5 Å². The normalized spacial score (nSPS) is 20.9. The fourth-order valence-corrected chi connectivity index (χ4v) is 5.58. The van der Waals surface area contributed by atoms with Crippen LogP contribution in [0.15, 0.2) is 24.3 Å². The lowest BCUT2D eigenvalue weighted by Crippen LogP contribution is -2.59. The van der Waals surface area contributed by atoms with Gasteiger partial charge in [-0.25, -0.2) is 4.79 Å². The molecule has 0 unspecified atom stereocenters. The first-order valence-corrected chi connectivity index (χ1v) is 9.60. The molecule has 0 bridgehead atoms. The van der Waals surface area contributed by atoms with Crippen molar-refractivity contribution in [3.63, 3.8) is 0 Å². The summed E-state index contributed by atoms with van der Waals surface area (Å²) in [7, 11) is 0. The molecule has 6 heteroatoms. The highest BCUT2D eigenvalue weighted by Gasteiger charge is 2.45. The number of rotatable bonds is 4. The molecule has 3 rings (SSSR count). The summed E-state index contributed by atoms with van der Waals surface area (Å²) in [5.74, 6) is 1.14. The summed E-state index contributed by atoms with van der Waals surface area (Å²) >= 11 is 3.88. The van der Waals surface area contributed by atoms with Crippen LogP contribution in [-0.2, 0) is 4.79 Å². The first-order valence-electron chi connectivity index (χ1n) is 7.50. The second-order valence-electron chi connectivity index (χ2n) is 5.74. The zero-order chi connectivity index (χ0) is 15.6. The summed E-state index contributed by atoms with van der Waals surface area (Å²) in [6, 6.07) is 7.57. The minimum atomic E-state index is -1.05. The van der Waals surface area contributed by atoms with Gasteiger partial charge < -0.3 is 10.4 Å². The van der Waals surface area contributed by atoms with E-state index in [1.807, 2.05) is 35.7 Å². The molecule has 2 N–H and O–H groups in total. The standard InChI is InChI=1S/C16H19NO3S2/c18-13(17-16(15(19)20)7-1-8-16)11-3-5-12(6-4-11)14-21-9-2-10-22-14/h3-6,14H,1-2,7-10H2,(H,17,18)(H,19,20). The average Bonchev–Trinajstić information content (AvgIpc) is 2.51. The van der Waals surface area contributed by atoms with E-state index in [1.54, 1.807) is 12.1 Å². The predicted molar refractivity (Wildman–Crippen MR) is 90.4 cm³/mol. The number of hydrogen-bond acceptors (Lipinski definition) is 4. The quantitative estimate of drug-likeness (QED) is 0.882. The van der Waals surface area contributed by atoms with E-state index < -0.39 is 11.5 Å². The third-order valence-corrected chi connectivity index (χ3v) is 7.26. The summed E-state index contributed by atoms with van der Waals surface area (Å²) in [5.41, 5.74) is 0.704. The molecule has 0 aromatic heterocycles. The zero-order valence-corrected chi connectivity index (χ0v) is 13.8. The molecule has 4 nitrogen and oxygen atoms in total. The number of carbonyl (C=O) groups is 2. The predicted octanol–water partition coefficient (Wildman–Crippen LogP) is 3.29. The van der Waals surface area contributed by atoms with Crippen molar-refractivity contribution < 1.29 is 14.7 Å². The van der Waals surface area contributed by atoms with Crippen molar-refractivity contribution in [2.24, 2.45) is 0 Å². The summed E-state index contributed by atoms with van der Waals surface area (Å²) < 4.78 is 0.447. The molecule has 1 saturated carbocycles. The van der Waals surface area contributed by atoms with Crippen LogP contribution < -0.4 is 5.32 Å². The summed E-state index contributed by atoms with van der Waals surface area (Å²) in [6.45, 7) is 0. The Balaban J connectivity index is 1.67. The second-order valence-corrected chi connectivity index (χ2v) is 8.47. The van der Waals surface area contributed by atoms with E-state index in [4.69, 9.17) is 0 Å². The van der Waals surface area contributed by atoms with Gasteiger partial charge in [0.05, 0.1) is 4.58 Å². The summed E-state index contributed by atoms with van der Waals surface area (Å²) in [4.78, 5) is 23.6. The molecule has 0 radical (unpaired) electrons. The molecular weight excluding hydrogens is 318 g/mol. The SMILES string of the molecule is O=C(NC1(C(=O)O)CCC1)c1ccc(C2SCCCS2)cc1. The van der Waals surface area contributed by atoms with Crippen molar-refractivity contribution >= 4 is 35.4 Å². The van der Waals surface area contributed by atoms with Crippen molar-refractivity contribution in [3.05, 3.63) is 35.4 Å². The Hall–Kier alpha value is -1.14. The van der Waals surface area contributed by atoms with Crippen molar-refractivity contribution in [1.82, 2.24) is 5.32 Å². The Bertz CT molecular complexity index is 563. The highest BCUT2D eigenvalue weighted by Crippen LogP contribution is 2.43. The first-order chi connectivity index (χ1) is 10.6. The van der Waals surface area contributed by atoms with E-state index in [2.05, 4.69) is 5.32 Å². The van der Waals surface area contributed by atoms with Crippen LogP contribution in [0.25, 0.3) is 0 Å². The molecule has 1 aliphatic heterocycles. The molecular formula is C16H19NO3S2. The van der Waals surface area contributed by atoms with Crippen molar-refractivity contribution in [2.45, 2.75) is 35.8 Å². The minimum absolute atomic E-state index is 0.294. The lowest BCUT2D eigenvalue weighted by Gasteiger charge is -2.38. The zero-order valence-electron chi connectivity index (χ0n) is 12.2. The molecule has 0 atom stereocenters. The fourth-order valence-electron chi connectivity index (χ4n) is 2.68. The molecule has 118 valence electrons. The van der Waals surface area contributed by atoms with Crippen LogP contribution in [0, 0.1) is 0 Å². The van der Waals surface area contributed by atoms with Gasteiger partial charge in [-0.1, -0.05) is 12.1 Å². The molecule has 22 heavy (non-hydrogen) atoms. The second kappa shape index (κ2) is 6.54. The van der Waals surface area contributed by atoms with E-state index in [1.165, 1.54) is 23.5 Å². The topological polar surface area (TPSA) is 66.4 Å². The maximum Gasteiger partial charge on any atom is 0.329 e. The van der Waals surface area contributed by atoms with Gasteiger partial charge in [0.2, 0.25) is 0 Å². The summed E-state index contributed by atoms with van der Waals surface area (Å²) in [5, 5.41) is 12.0. The van der Waals surface area contributed by atoms with Crippen LogP contribution in [0.3, 0.4) is 0 Å². The largest absolute Gasteiger partial charge is 0.480 e. The van der Waals surface area contributed by atoms with Gasteiger partial charge in [-0.15, -0.1) is 23.5 Å². The number of carbonyl (C=O) groups excluding carboxylic acids is 1. The van der Waals surface area contributed by atoms with Crippen molar-refractivity contribution in [1.29, 1.82) is 0 Å². The Morgan fingerprint density at radius 1 is 1.09 bits per heavy atom.